The molecule has 3 N–H and O–H groups in total. The predicted molar refractivity (Wildman–Crippen MR) is 51.3 cm³/mol. The number of hydrogen-bond acceptors (Lipinski definition) is 3. The molecule has 0 saturated heterocycles. The van der Waals surface area contributed by atoms with Crippen LogP contribution in [-0.2, 0) is 0 Å². The van der Waals surface area contributed by atoms with E-state index in [4.69, 9.17) is 0 Å². The van der Waals surface area contributed by atoms with Crippen LogP contribution in [0.3, 0.4) is 0 Å². The molecule has 0 spiro atoms. The quantitative estimate of drug-likeness (QED) is 0.659. The van der Waals surface area contributed by atoms with Crippen molar-refractivity contribution in [3.8, 4) is 0 Å². The number of aliphatic hydroxyl groups is 2. The molecule has 1 aromatic rings. The third kappa shape index (κ3) is 2.51. The summed E-state index contributed by atoms with van der Waals surface area (Å²) in [5.41, 5.74) is 0.121. The summed E-state index contributed by atoms with van der Waals surface area (Å²) in [5, 5.41) is 21.7. The molecule has 1 rings (SSSR count). The Bertz CT molecular complexity index is 293. The van der Waals surface area contributed by atoms with Gasteiger partial charge in [0, 0.05) is 12.1 Å². The fraction of sp³-hybridized carbons (Fsp3) is 0.400. The van der Waals surface area contributed by atoms with Gasteiger partial charge in [0.2, 0.25) is 0 Å². The molecular weight excluding hydrogens is 185 g/mol. The van der Waals surface area contributed by atoms with Crippen LogP contribution in [0, 0.1) is 5.82 Å². The molecule has 2 atom stereocenters. The Morgan fingerprint density at radius 1 is 1.36 bits per heavy atom. The zero-order valence-electron chi connectivity index (χ0n) is 7.94. The molecule has 0 radical (unpaired) electrons. The average Bonchev–Trinajstić information content (AvgIpc) is 2.18. The third-order valence-electron chi connectivity index (χ3n) is 2.00. The fourth-order valence-electron chi connectivity index (χ4n) is 1.24. The highest BCUT2D eigenvalue weighted by molar-refractivity contribution is 5.20. The first-order chi connectivity index (χ1) is 6.66. The summed E-state index contributed by atoms with van der Waals surface area (Å²) in [5.74, 6) is -0.504. The number of aliphatic hydroxyl groups excluding tert-OH is 2. The maximum absolute atomic E-state index is 13.1. The van der Waals surface area contributed by atoms with Gasteiger partial charge in [-0.2, -0.15) is 0 Å². The predicted octanol–water partition coefficient (Wildman–Crippen LogP) is 0.439. The molecule has 1 aromatic carbocycles. The Hall–Kier alpha value is -0.970. The second-order valence-corrected chi connectivity index (χ2v) is 3.09. The molecule has 0 aromatic heterocycles. The van der Waals surface area contributed by atoms with Gasteiger partial charge in [-0.15, -0.1) is 0 Å². The molecule has 3 nitrogen and oxygen atoms in total. The highest BCUT2D eigenvalue weighted by Gasteiger charge is 2.20. The molecule has 0 fully saturated rings. The van der Waals surface area contributed by atoms with E-state index in [1.807, 2.05) is 0 Å². The molecule has 4 heteroatoms. The van der Waals surface area contributed by atoms with Crippen LogP contribution in [0.25, 0.3) is 0 Å². The Labute approximate surface area is 82.2 Å². The smallest absolute Gasteiger partial charge is 0.129 e. The maximum Gasteiger partial charge on any atom is 0.129 e. The van der Waals surface area contributed by atoms with E-state index in [-0.39, 0.29) is 12.1 Å². The number of benzene rings is 1. The Morgan fingerprint density at radius 2 is 2.00 bits per heavy atom. The zero-order chi connectivity index (χ0) is 10.6. The van der Waals surface area contributed by atoms with Crippen LogP contribution >= 0.6 is 0 Å². The zero-order valence-corrected chi connectivity index (χ0v) is 7.94. The minimum Gasteiger partial charge on any atom is -0.389 e. The summed E-state index contributed by atoms with van der Waals surface area (Å²) < 4.78 is 13.1. The van der Waals surface area contributed by atoms with Crippen molar-refractivity contribution >= 4 is 0 Å². The third-order valence-corrected chi connectivity index (χ3v) is 2.00. The summed E-state index contributed by atoms with van der Waals surface area (Å²) in [4.78, 5) is 0. The van der Waals surface area contributed by atoms with Crippen LogP contribution in [0.1, 0.15) is 11.7 Å². The maximum atomic E-state index is 13.1. The van der Waals surface area contributed by atoms with Crippen LogP contribution in [-0.4, -0.2) is 29.9 Å². The SMILES string of the molecule is CNCC(O)C(O)c1ccccc1F. The van der Waals surface area contributed by atoms with E-state index in [1.165, 1.54) is 18.2 Å². The van der Waals surface area contributed by atoms with Crippen molar-refractivity contribution < 1.29 is 14.6 Å². The number of nitrogens with one attached hydrogen (secondary N) is 1. The van der Waals surface area contributed by atoms with Crippen LogP contribution in [0.15, 0.2) is 24.3 Å². The summed E-state index contributed by atoms with van der Waals surface area (Å²) in [6, 6.07) is 5.87. The lowest BCUT2D eigenvalue weighted by atomic mass is 10.0. The van der Waals surface area contributed by atoms with Crippen LogP contribution in [0.2, 0.25) is 0 Å². The van der Waals surface area contributed by atoms with E-state index in [1.54, 1.807) is 13.1 Å². The molecular formula is C10H14FNO2. The minimum absolute atomic E-state index is 0.121. The van der Waals surface area contributed by atoms with Gasteiger partial charge in [0.15, 0.2) is 0 Å². The van der Waals surface area contributed by atoms with E-state index >= 15 is 0 Å². The molecule has 78 valence electrons. The van der Waals surface area contributed by atoms with E-state index in [0.717, 1.165) is 0 Å². The number of hydrogen-bond donors (Lipinski definition) is 3. The van der Waals surface area contributed by atoms with Gasteiger partial charge in [-0.25, -0.2) is 4.39 Å². The van der Waals surface area contributed by atoms with Crippen LogP contribution in [0.5, 0.6) is 0 Å². The summed E-state index contributed by atoms with van der Waals surface area (Å²) in [6.07, 6.45) is -2.19. The topological polar surface area (TPSA) is 52.5 Å². The van der Waals surface area contributed by atoms with E-state index < -0.39 is 18.0 Å². The summed E-state index contributed by atoms with van der Waals surface area (Å²) in [6.45, 7) is 0.218. The standard InChI is InChI=1S/C10H14FNO2/c1-12-6-9(13)10(14)7-4-2-3-5-8(7)11/h2-5,9-10,12-14H,6H2,1H3. The lowest BCUT2D eigenvalue weighted by Crippen LogP contribution is -2.30. The van der Waals surface area contributed by atoms with Crippen molar-refractivity contribution in [1.82, 2.24) is 5.32 Å². The monoisotopic (exact) mass is 199 g/mol. The Kier molecular flexibility index (Phi) is 4.00. The molecule has 0 amide bonds. The van der Waals surface area contributed by atoms with Crippen molar-refractivity contribution in [1.29, 1.82) is 0 Å². The number of likely N-dealkylation sites (N-methyl/N-ethyl adjacent to an activating group) is 1. The van der Waals surface area contributed by atoms with Gasteiger partial charge in [-0.05, 0) is 13.1 Å². The molecule has 14 heavy (non-hydrogen) atoms. The minimum atomic E-state index is -1.19. The number of rotatable bonds is 4. The molecule has 0 saturated carbocycles. The first kappa shape index (κ1) is 11.1. The highest BCUT2D eigenvalue weighted by atomic mass is 19.1. The molecule has 0 bridgehead atoms. The summed E-state index contributed by atoms with van der Waals surface area (Å²) in [7, 11) is 1.65. The van der Waals surface area contributed by atoms with Crippen molar-refractivity contribution in [2.24, 2.45) is 0 Å². The Balaban J connectivity index is 2.78. The van der Waals surface area contributed by atoms with Crippen molar-refractivity contribution in [3.63, 3.8) is 0 Å². The van der Waals surface area contributed by atoms with Crippen molar-refractivity contribution in [2.75, 3.05) is 13.6 Å². The number of halogens is 1. The second-order valence-electron chi connectivity index (χ2n) is 3.09. The van der Waals surface area contributed by atoms with Gasteiger partial charge in [0.05, 0.1) is 6.10 Å². The molecule has 0 aliphatic carbocycles. The molecule has 0 aliphatic heterocycles. The van der Waals surface area contributed by atoms with Crippen molar-refractivity contribution in [2.45, 2.75) is 12.2 Å². The van der Waals surface area contributed by atoms with Gasteiger partial charge in [0.1, 0.15) is 11.9 Å². The van der Waals surface area contributed by atoms with E-state index in [0.29, 0.717) is 0 Å². The first-order valence-corrected chi connectivity index (χ1v) is 4.42. The Morgan fingerprint density at radius 3 is 2.57 bits per heavy atom. The lowest BCUT2D eigenvalue weighted by molar-refractivity contribution is 0.0181. The van der Waals surface area contributed by atoms with Gasteiger partial charge in [-0.1, -0.05) is 18.2 Å². The van der Waals surface area contributed by atoms with Crippen LogP contribution in [0.4, 0.5) is 4.39 Å². The lowest BCUT2D eigenvalue weighted by Gasteiger charge is -2.18. The first-order valence-electron chi connectivity index (χ1n) is 4.42. The molecule has 0 heterocycles. The average molecular weight is 199 g/mol. The molecule has 0 aliphatic rings. The second kappa shape index (κ2) is 5.05. The van der Waals surface area contributed by atoms with Crippen LogP contribution < -0.4 is 5.32 Å². The fourth-order valence-corrected chi connectivity index (χ4v) is 1.24. The molecule has 2 unspecified atom stereocenters. The van der Waals surface area contributed by atoms with E-state index in [9.17, 15) is 14.6 Å². The van der Waals surface area contributed by atoms with Gasteiger partial charge in [-0.3, -0.25) is 0 Å². The summed E-state index contributed by atoms with van der Waals surface area (Å²) >= 11 is 0. The van der Waals surface area contributed by atoms with Crippen molar-refractivity contribution in [3.05, 3.63) is 35.6 Å². The van der Waals surface area contributed by atoms with Gasteiger partial charge < -0.3 is 15.5 Å². The van der Waals surface area contributed by atoms with Gasteiger partial charge >= 0.3 is 0 Å². The largest absolute Gasteiger partial charge is 0.389 e. The van der Waals surface area contributed by atoms with E-state index in [2.05, 4.69) is 5.32 Å². The van der Waals surface area contributed by atoms with Gasteiger partial charge in [0.25, 0.3) is 0 Å². The highest BCUT2D eigenvalue weighted by Crippen LogP contribution is 2.19. The normalized spacial score (nSPS) is 15.1.